The monoisotopic (exact) mass is 807 g/mol. The van der Waals surface area contributed by atoms with Crippen LogP contribution in [0.1, 0.15) is 78.0 Å². The first kappa shape index (κ1) is 39.6. The van der Waals surface area contributed by atoms with E-state index in [1.54, 1.807) is 19.2 Å². The molecule has 5 aliphatic rings. The van der Waals surface area contributed by atoms with Crippen molar-refractivity contribution in [1.29, 1.82) is 0 Å². The lowest BCUT2D eigenvalue weighted by atomic mass is 9.64. The van der Waals surface area contributed by atoms with Crippen molar-refractivity contribution in [2.24, 2.45) is 17.6 Å². The van der Waals surface area contributed by atoms with E-state index in [4.69, 9.17) is 24.7 Å². The molecule has 6 N–H and O–H groups in total. The Morgan fingerprint density at radius 2 is 1.90 bits per heavy atom. The van der Waals surface area contributed by atoms with Gasteiger partial charge in [0, 0.05) is 53.6 Å². The van der Waals surface area contributed by atoms with E-state index in [1.807, 2.05) is 25.3 Å². The summed E-state index contributed by atoms with van der Waals surface area (Å²) in [6.07, 6.45) is 8.86. The number of methoxy groups -OCH3 is 1. The van der Waals surface area contributed by atoms with Gasteiger partial charge in [0.25, 0.3) is 0 Å². The van der Waals surface area contributed by atoms with Gasteiger partial charge in [-0.1, -0.05) is 54.5 Å². The Morgan fingerprint density at radius 1 is 1.05 bits per heavy atom. The number of nitrogens with two attached hydrogens (primary N) is 1. The summed E-state index contributed by atoms with van der Waals surface area (Å²) in [6, 6.07) is 22.1. The third kappa shape index (κ3) is 7.24. The second-order valence-electron chi connectivity index (χ2n) is 16.9. The zero-order valence-electron chi connectivity index (χ0n) is 34.5. The van der Waals surface area contributed by atoms with Crippen molar-refractivity contribution >= 4 is 5.97 Å². The fourth-order valence-corrected chi connectivity index (χ4v) is 10.7. The fraction of sp³-hybridized carbons (Fsp3) is 0.380. The van der Waals surface area contributed by atoms with Gasteiger partial charge in [0.2, 0.25) is 0 Å². The number of dihydropyridines is 1. The number of nitrogens with one attached hydrogen (secondary N) is 2. The van der Waals surface area contributed by atoms with Crippen LogP contribution in [0.5, 0.6) is 28.7 Å². The lowest BCUT2D eigenvalue weighted by molar-refractivity contribution is -0.141. The fourth-order valence-electron chi connectivity index (χ4n) is 10.7. The Kier molecular flexibility index (Phi) is 10.7. The van der Waals surface area contributed by atoms with Crippen LogP contribution in [0.3, 0.4) is 0 Å². The maximum atomic E-state index is 12.5. The van der Waals surface area contributed by atoms with Crippen molar-refractivity contribution < 1.29 is 34.0 Å². The largest absolute Gasteiger partial charge is 0.508 e. The summed E-state index contributed by atoms with van der Waals surface area (Å²) in [7, 11) is 3.50. The van der Waals surface area contributed by atoms with Crippen LogP contribution in [0, 0.1) is 23.7 Å². The van der Waals surface area contributed by atoms with Crippen molar-refractivity contribution in [2.45, 2.75) is 75.5 Å². The Bertz CT molecular complexity index is 2450. The van der Waals surface area contributed by atoms with E-state index in [9.17, 15) is 15.0 Å². The molecule has 0 amide bonds. The highest BCUT2D eigenvalue weighted by Gasteiger charge is 2.52. The summed E-state index contributed by atoms with van der Waals surface area (Å²) in [6.45, 7) is 2.47. The zero-order chi connectivity index (χ0) is 41.5. The number of phenols is 2. The van der Waals surface area contributed by atoms with Crippen LogP contribution in [0.25, 0.3) is 11.1 Å². The Balaban J connectivity index is 1.28. The number of carbonyl (C=O) groups excluding carboxylic acids is 1. The number of hydrogen-bond donors (Lipinski definition) is 5. The summed E-state index contributed by atoms with van der Waals surface area (Å²) in [4.78, 5) is 12.5. The molecule has 60 heavy (non-hydrogen) atoms. The second kappa shape index (κ2) is 16.3. The van der Waals surface area contributed by atoms with Crippen LogP contribution in [0.4, 0.5) is 0 Å². The minimum atomic E-state index is -0.588. The highest BCUT2D eigenvalue weighted by atomic mass is 16.5. The van der Waals surface area contributed by atoms with Crippen molar-refractivity contribution in [1.82, 2.24) is 10.6 Å². The third-order valence-corrected chi connectivity index (χ3v) is 13.3. The first-order valence-corrected chi connectivity index (χ1v) is 21.1. The molecule has 9 rings (SSSR count). The highest BCUT2D eigenvalue weighted by molar-refractivity contribution is 5.84. The number of likely N-dealkylation sites (N-methyl/N-ethyl adjacent to an activating group) is 1. The summed E-state index contributed by atoms with van der Waals surface area (Å²) < 4.78 is 25.3. The predicted octanol–water partition coefficient (Wildman–Crippen LogP) is 7.25. The molecule has 0 aromatic heterocycles. The topological polar surface area (TPSA) is 145 Å². The average Bonchev–Trinajstić information content (AvgIpc) is 3.82. The molecular weight excluding hydrogens is 755 g/mol. The van der Waals surface area contributed by atoms with Crippen molar-refractivity contribution in [2.75, 3.05) is 33.9 Å². The van der Waals surface area contributed by atoms with Gasteiger partial charge in [-0.2, -0.15) is 0 Å². The summed E-state index contributed by atoms with van der Waals surface area (Å²) in [5, 5.41) is 29.0. The molecule has 6 atom stereocenters. The molecule has 10 heteroatoms. The number of fused-ring (bicyclic) bond motifs is 6. The van der Waals surface area contributed by atoms with E-state index >= 15 is 0 Å². The number of rotatable bonds is 10. The number of aromatic hydroxyl groups is 2. The molecule has 310 valence electrons. The quantitative estimate of drug-likeness (QED) is 0.0632. The Morgan fingerprint density at radius 3 is 2.70 bits per heavy atom. The van der Waals surface area contributed by atoms with E-state index in [2.05, 4.69) is 71.0 Å². The molecular formula is C50H53N3O7. The van der Waals surface area contributed by atoms with Crippen LogP contribution in [-0.2, 0) is 34.2 Å². The number of benzene rings is 4. The van der Waals surface area contributed by atoms with Gasteiger partial charge in [0.15, 0.2) is 11.5 Å². The molecule has 1 unspecified atom stereocenters. The van der Waals surface area contributed by atoms with Gasteiger partial charge in [-0.25, -0.2) is 0 Å². The standard InChI is InChI=1S/C50H53N3O7/c1-29(54)59-28-40-37-14-15-38-46-33(22-34(55)24-44(46)57-3)27-50-19-18-32(26-50)35(13-12-30-8-5-4-6-9-30)36-16-17-45(51)53-41(36)11-7-10-31-23-42(56)43(58-21-20-52-2)25-39(31)48(40)60-49(37)47(38)50/h4-6,8-9,14-17,22-25,32,35,40,45,48,52-53,55-56H,10,12-13,18-21,26-28,51H2,1-3H3/t32-,35-,40+,45?,48-,50+/m1/s1. The average molecular weight is 808 g/mol. The minimum absolute atomic E-state index is 0.0128. The predicted molar refractivity (Wildman–Crippen MR) is 230 cm³/mol. The van der Waals surface area contributed by atoms with Crippen molar-refractivity contribution in [3.05, 3.63) is 124 Å². The number of hydrogen-bond acceptors (Lipinski definition) is 10. The molecule has 1 spiro atoms. The first-order chi connectivity index (χ1) is 29.2. The van der Waals surface area contributed by atoms with Crippen LogP contribution in [0.2, 0.25) is 0 Å². The molecule has 3 aliphatic heterocycles. The van der Waals surface area contributed by atoms with Crippen LogP contribution in [0.15, 0.2) is 90.2 Å². The van der Waals surface area contributed by atoms with Crippen LogP contribution < -0.4 is 30.6 Å². The smallest absolute Gasteiger partial charge is 0.302 e. The van der Waals surface area contributed by atoms with Gasteiger partial charge in [-0.3, -0.25) is 4.79 Å². The van der Waals surface area contributed by atoms with Gasteiger partial charge in [-0.15, -0.1) is 0 Å². The van der Waals surface area contributed by atoms with Crippen molar-refractivity contribution in [3.63, 3.8) is 0 Å². The number of allylic oxidation sites excluding steroid dienone is 3. The molecule has 3 heterocycles. The number of esters is 1. The van der Waals surface area contributed by atoms with Crippen LogP contribution in [-0.4, -0.2) is 56.3 Å². The molecule has 10 nitrogen and oxygen atoms in total. The molecule has 4 bridgehead atoms. The number of phenolic OH excluding ortho intramolecular Hbond substituents is 2. The SMILES string of the molecule is CNCCOc1cc2c(cc1O)CC#CC1=C(C=CC(N)N1)[C@H](CCc1ccccc1)[C@@H]1CC[C@@]3(Cc4cc(O)cc(OC)c4-c4ccc5c(c43)O[C@H]2[C@H]5COC(C)=O)C1. The lowest BCUT2D eigenvalue weighted by Gasteiger charge is -2.40. The molecule has 2 aliphatic carbocycles. The number of aryl methyl sites for hydroxylation is 1. The zero-order valence-corrected chi connectivity index (χ0v) is 34.5. The molecule has 4 aromatic carbocycles. The minimum Gasteiger partial charge on any atom is -0.508 e. The van der Waals surface area contributed by atoms with Gasteiger partial charge < -0.3 is 45.5 Å². The van der Waals surface area contributed by atoms with E-state index in [-0.39, 0.29) is 53.4 Å². The molecule has 1 saturated carbocycles. The van der Waals surface area contributed by atoms with E-state index < -0.39 is 6.10 Å². The van der Waals surface area contributed by atoms with Crippen LogP contribution >= 0.6 is 0 Å². The van der Waals surface area contributed by atoms with E-state index in [1.165, 1.54) is 18.1 Å². The Hall–Kier alpha value is -5.89. The van der Waals surface area contributed by atoms with Gasteiger partial charge in [0.05, 0.1) is 24.9 Å². The molecule has 0 radical (unpaired) electrons. The normalized spacial score (nSPS) is 24.3. The van der Waals surface area contributed by atoms with E-state index in [0.717, 1.165) is 82.5 Å². The second-order valence-corrected chi connectivity index (χ2v) is 16.9. The maximum absolute atomic E-state index is 12.5. The molecule has 1 fully saturated rings. The van der Waals surface area contributed by atoms with Gasteiger partial charge in [-0.05, 0) is 115 Å². The highest BCUT2D eigenvalue weighted by Crippen LogP contribution is 2.63. The summed E-state index contributed by atoms with van der Waals surface area (Å²) in [5.41, 5.74) is 16.2. The van der Waals surface area contributed by atoms with Gasteiger partial charge >= 0.3 is 5.97 Å². The Labute approximate surface area is 351 Å². The summed E-state index contributed by atoms with van der Waals surface area (Å²) >= 11 is 0. The summed E-state index contributed by atoms with van der Waals surface area (Å²) in [5.74, 6) is 8.64. The molecule has 4 aromatic rings. The number of carbonyl (C=O) groups is 1. The van der Waals surface area contributed by atoms with Gasteiger partial charge in [0.1, 0.15) is 36.6 Å². The molecule has 0 saturated heterocycles. The number of ether oxygens (including phenoxy) is 4. The van der Waals surface area contributed by atoms with Crippen molar-refractivity contribution in [3.8, 4) is 51.7 Å². The first-order valence-electron chi connectivity index (χ1n) is 21.1. The third-order valence-electron chi connectivity index (χ3n) is 13.3. The van der Waals surface area contributed by atoms with E-state index in [0.29, 0.717) is 37.5 Å². The maximum Gasteiger partial charge on any atom is 0.302 e. The lowest BCUT2D eigenvalue weighted by Crippen LogP contribution is -2.38.